The van der Waals surface area contributed by atoms with Crippen molar-refractivity contribution in [1.29, 1.82) is 0 Å². The first kappa shape index (κ1) is 27.3. The Kier molecular flexibility index (Phi) is 13.0. The minimum Gasteiger partial charge on any atom is -0.481 e. The lowest BCUT2D eigenvalue weighted by molar-refractivity contribution is -0.143. The van der Waals surface area contributed by atoms with E-state index in [0.29, 0.717) is 25.8 Å². The van der Waals surface area contributed by atoms with Crippen LogP contribution in [0.3, 0.4) is 0 Å². The zero-order valence-corrected chi connectivity index (χ0v) is 17.3. The van der Waals surface area contributed by atoms with Crippen molar-refractivity contribution in [2.24, 2.45) is 17.4 Å². The van der Waals surface area contributed by atoms with Gasteiger partial charge in [-0.3, -0.25) is 19.2 Å². The van der Waals surface area contributed by atoms with Crippen molar-refractivity contribution in [3.05, 3.63) is 0 Å². The first-order valence-corrected chi connectivity index (χ1v) is 9.82. The van der Waals surface area contributed by atoms with E-state index in [4.69, 9.17) is 16.6 Å². The highest BCUT2D eigenvalue weighted by Crippen LogP contribution is 2.10. The first-order valence-electron chi connectivity index (χ1n) is 9.82. The van der Waals surface area contributed by atoms with Crippen molar-refractivity contribution in [2.75, 3.05) is 13.1 Å². The minimum absolute atomic E-state index is 0.174. The summed E-state index contributed by atoms with van der Waals surface area (Å²) in [5.41, 5.74) is 10.6. The Morgan fingerprint density at radius 3 is 2.00 bits per heavy atom. The molecule has 0 aromatic heterocycles. The van der Waals surface area contributed by atoms with Crippen LogP contribution in [0, 0.1) is 5.92 Å². The average Bonchev–Trinajstić information content (AvgIpc) is 2.69. The highest BCUT2D eigenvalue weighted by atomic mass is 16.4. The van der Waals surface area contributed by atoms with Crippen LogP contribution in [0.25, 0.3) is 0 Å². The van der Waals surface area contributed by atoms with Gasteiger partial charge in [-0.05, 0) is 31.7 Å². The minimum atomic E-state index is -1.43. The smallest absolute Gasteiger partial charge is 0.326 e. The number of nitrogens with one attached hydrogen (secondary N) is 3. The molecule has 0 aliphatic heterocycles. The SMILES string of the molecule is CCC(C)C(NC(=O)C(CC(=O)O)NC(=O)CN)C(=O)NC(CCCCN)C(=O)O. The molecule has 0 aliphatic carbocycles. The third-order valence-electron chi connectivity index (χ3n) is 4.57. The summed E-state index contributed by atoms with van der Waals surface area (Å²) in [7, 11) is 0. The lowest BCUT2D eigenvalue weighted by Gasteiger charge is -2.27. The van der Waals surface area contributed by atoms with Crippen molar-refractivity contribution in [3.63, 3.8) is 0 Å². The Bertz CT molecular complexity index is 614. The summed E-state index contributed by atoms with van der Waals surface area (Å²) in [5, 5.41) is 25.4. The molecule has 0 rings (SSSR count). The summed E-state index contributed by atoms with van der Waals surface area (Å²) in [6.45, 7) is 3.41. The van der Waals surface area contributed by atoms with E-state index in [2.05, 4.69) is 16.0 Å². The molecule has 0 aliphatic rings. The number of rotatable bonds is 15. The van der Waals surface area contributed by atoms with E-state index in [-0.39, 0.29) is 12.3 Å². The van der Waals surface area contributed by atoms with Gasteiger partial charge in [-0.1, -0.05) is 20.3 Å². The second-order valence-corrected chi connectivity index (χ2v) is 6.98. The lowest BCUT2D eigenvalue weighted by Crippen LogP contribution is -2.58. The quantitative estimate of drug-likeness (QED) is 0.144. The van der Waals surface area contributed by atoms with Crippen LogP contribution >= 0.6 is 0 Å². The Morgan fingerprint density at radius 2 is 1.53 bits per heavy atom. The van der Waals surface area contributed by atoms with Crippen LogP contribution in [0.2, 0.25) is 0 Å². The van der Waals surface area contributed by atoms with E-state index < -0.39 is 60.8 Å². The number of carbonyl (C=O) groups is 5. The number of unbranched alkanes of at least 4 members (excludes halogenated alkanes) is 1. The molecular formula is C18H33N5O7. The Labute approximate surface area is 175 Å². The molecule has 0 saturated heterocycles. The van der Waals surface area contributed by atoms with Crippen LogP contribution in [0.4, 0.5) is 0 Å². The van der Waals surface area contributed by atoms with Crippen LogP contribution in [0.5, 0.6) is 0 Å². The number of nitrogens with two attached hydrogens (primary N) is 2. The van der Waals surface area contributed by atoms with E-state index in [1.165, 1.54) is 0 Å². The van der Waals surface area contributed by atoms with Crippen molar-refractivity contribution < 1.29 is 34.2 Å². The van der Waals surface area contributed by atoms with Gasteiger partial charge in [0.05, 0.1) is 13.0 Å². The van der Waals surface area contributed by atoms with Gasteiger partial charge < -0.3 is 37.6 Å². The highest BCUT2D eigenvalue weighted by molar-refractivity contribution is 5.95. The average molecular weight is 431 g/mol. The Balaban J connectivity index is 5.37. The third kappa shape index (κ3) is 10.2. The van der Waals surface area contributed by atoms with Gasteiger partial charge in [0, 0.05) is 0 Å². The number of amides is 3. The fourth-order valence-corrected chi connectivity index (χ4v) is 2.60. The second kappa shape index (κ2) is 14.3. The zero-order chi connectivity index (χ0) is 23.3. The standard InChI is InChI=1S/C18H33N5O7/c1-3-10(2)15(17(28)22-11(18(29)30)6-4-5-7-19)23-16(27)12(8-14(25)26)21-13(24)9-20/h10-12,15H,3-9,19-20H2,1-2H3,(H,21,24)(H,22,28)(H,23,27)(H,25,26)(H,29,30). The number of carboxylic acids is 2. The topological polar surface area (TPSA) is 214 Å². The summed E-state index contributed by atoms with van der Waals surface area (Å²) in [4.78, 5) is 59.2. The molecule has 0 radical (unpaired) electrons. The van der Waals surface area contributed by atoms with Gasteiger partial charge in [0.1, 0.15) is 18.1 Å². The van der Waals surface area contributed by atoms with Crippen LogP contribution in [-0.4, -0.2) is 71.1 Å². The van der Waals surface area contributed by atoms with Crippen molar-refractivity contribution in [2.45, 2.75) is 64.1 Å². The number of aliphatic carboxylic acids is 2. The molecule has 30 heavy (non-hydrogen) atoms. The molecule has 4 atom stereocenters. The van der Waals surface area contributed by atoms with Crippen LogP contribution < -0.4 is 27.4 Å². The second-order valence-electron chi connectivity index (χ2n) is 6.98. The van der Waals surface area contributed by atoms with E-state index >= 15 is 0 Å². The molecule has 0 saturated carbocycles. The zero-order valence-electron chi connectivity index (χ0n) is 17.3. The van der Waals surface area contributed by atoms with Crippen LogP contribution in [0.1, 0.15) is 46.0 Å². The van der Waals surface area contributed by atoms with E-state index in [0.717, 1.165) is 0 Å². The number of carbonyl (C=O) groups excluding carboxylic acids is 3. The summed E-state index contributed by atoms with van der Waals surface area (Å²) in [6, 6.07) is -3.71. The van der Waals surface area contributed by atoms with Crippen molar-refractivity contribution >= 4 is 29.7 Å². The molecule has 9 N–H and O–H groups in total. The largest absolute Gasteiger partial charge is 0.481 e. The summed E-state index contributed by atoms with van der Waals surface area (Å²) in [6.07, 6.45) is 1.04. The van der Waals surface area contributed by atoms with Gasteiger partial charge >= 0.3 is 11.9 Å². The van der Waals surface area contributed by atoms with Gasteiger partial charge in [0.25, 0.3) is 0 Å². The number of hydrogen-bond acceptors (Lipinski definition) is 7. The normalized spacial score (nSPS) is 14.7. The van der Waals surface area contributed by atoms with E-state index in [1.54, 1.807) is 13.8 Å². The maximum absolute atomic E-state index is 12.7. The summed E-state index contributed by atoms with van der Waals surface area (Å²) in [5.74, 6) is -5.25. The molecule has 0 aromatic rings. The van der Waals surface area contributed by atoms with Gasteiger partial charge in [-0.2, -0.15) is 0 Å². The van der Waals surface area contributed by atoms with Gasteiger partial charge in [-0.25, -0.2) is 4.79 Å². The molecule has 3 amide bonds. The Morgan fingerprint density at radius 1 is 0.900 bits per heavy atom. The molecule has 172 valence electrons. The molecule has 0 fully saturated rings. The molecule has 0 heterocycles. The number of carboxylic acid groups (broad SMARTS) is 2. The molecule has 12 heteroatoms. The third-order valence-corrected chi connectivity index (χ3v) is 4.57. The lowest BCUT2D eigenvalue weighted by atomic mass is 9.97. The number of hydrogen-bond donors (Lipinski definition) is 7. The molecular weight excluding hydrogens is 398 g/mol. The highest BCUT2D eigenvalue weighted by Gasteiger charge is 2.32. The maximum atomic E-state index is 12.7. The fourth-order valence-electron chi connectivity index (χ4n) is 2.60. The van der Waals surface area contributed by atoms with Gasteiger partial charge in [0.2, 0.25) is 17.7 Å². The monoisotopic (exact) mass is 431 g/mol. The van der Waals surface area contributed by atoms with Gasteiger partial charge in [0.15, 0.2) is 0 Å². The van der Waals surface area contributed by atoms with Crippen LogP contribution in [0.15, 0.2) is 0 Å². The maximum Gasteiger partial charge on any atom is 0.326 e. The first-order chi connectivity index (χ1) is 14.1. The van der Waals surface area contributed by atoms with Gasteiger partial charge in [-0.15, -0.1) is 0 Å². The van der Waals surface area contributed by atoms with Crippen molar-refractivity contribution in [3.8, 4) is 0 Å². The molecule has 4 unspecified atom stereocenters. The predicted octanol–water partition coefficient (Wildman–Crippen LogP) is -1.87. The van der Waals surface area contributed by atoms with E-state index in [9.17, 15) is 29.1 Å². The molecule has 0 spiro atoms. The molecule has 0 aromatic carbocycles. The van der Waals surface area contributed by atoms with Crippen LogP contribution in [-0.2, 0) is 24.0 Å². The fraction of sp³-hybridized carbons (Fsp3) is 0.722. The predicted molar refractivity (Wildman–Crippen MR) is 107 cm³/mol. The summed E-state index contributed by atoms with van der Waals surface area (Å²) >= 11 is 0. The summed E-state index contributed by atoms with van der Waals surface area (Å²) < 4.78 is 0. The Hall–Kier alpha value is -2.73. The molecule has 12 nitrogen and oxygen atoms in total. The van der Waals surface area contributed by atoms with E-state index in [1.807, 2.05) is 0 Å². The van der Waals surface area contributed by atoms with Crippen molar-refractivity contribution in [1.82, 2.24) is 16.0 Å². The molecule has 0 bridgehead atoms.